The van der Waals surface area contributed by atoms with Crippen LogP contribution in [0.1, 0.15) is 23.6 Å². The number of nitrogen functional groups attached to an aromatic ring is 1. The molecule has 0 unspecified atom stereocenters. The Labute approximate surface area is 141 Å². The quantitative estimate of drug-likeness (QED) is 0.879. The predicted octanol–water partition coefficient (Wildman–Crippen LogP) is 2.56. The Hall–Kier alpha value is -2.95. The molecule has 1 heterocycles. The Morgan fingerprint density at radius 2 is 2.00 bits per heavy atom. The molecule has 1 amide bonds. The van der Waals surface area contributed by atoms with Gasteiger partial charge >= 0.3 is 0 Å². The number of anilines is 1. The van der Waals surface area contributed by atoms with Gasteiger partial charge in [0.25, 0.3) is 0 Å². The first-order chi connectivity index (χ1) is 11.5. The van der Waals surface area contributed by atoms with E-state index in [1.165, 1.54) is 28.3 Å². The molecule has 3 rings (SSSR count). The summed E-state index contributed by atoms with van der Waals surface area (Å²) >= 11 is 0. The van der Waals surface area contributed by atoms with Crippen LogP contribution in [0.5, 0.6) is 0 Å². The van der Waals surface area contributed by atoms with Gasteiger partial charge in [0.05, 0.1) is 0 Å². The Morgan fingerprint density at radius 3 is 2.71 bits per heavy atom. The minimum atomic E-state index is -0.0527. The number of fused-ring (bicyclic) bond motifs is 1. The molecule has 0 spiro atoms. The second-order valence-electron chi connectivity index (χ2n) is 5.96. The third kappa shape index (κ3) is 3.35. The van der Waals surface area contributed by atoms with Crippen molar-refractivity contribution >= 4 is 23.5 Å². The van der Waals surface area contributed by atoms with Crippen molar-refractivity contribution in [2.75, 3.05) is 19.3 Å². The lowest BCUT2D eigenvalue weighted by Gasteiger charge is -2.16. The fraction of sp³-hybridized carbons (Fsp3) is 0.211. The van der Waals surface area contributed by atoms with Gasteiger partial charge in [0, 0.05) is 37.6 Å². The van der Waals surface area contributed by atoms with Crippen molar-refractivity contribution in [2.24, 2.45) is 0 Å². The van der Waals surface area contributed by atoms with E-state index in [9.17, 15) is 4.79 Å². The largest absolute Gasteiger partial charge is 0.368 e. The van der Waals surface area contributed by atoms with E-state index in [1.54, 1.807) is 23.4 Å². The molecule has 5 nitrogen and oxygen atoms in total. The monoisotopic (exact) mass is 320 g/mol. The Bertz CT molecular complexity index is 822. The average molecular weight is 320 g/mol. The van der Waals surface area contributed by atoms with E-state index in [0.29, 0.717) is 6.54 Å². The molecule has 0 atom stereocenters. The molecule has 0 bridgehead atoms. The summed E-state index contributed by atoms with van der Waals surface area (Å²) in [5.41, 5.74) is 11.4. The summed E-state index contributed by atoms with van der Waals surface area (Å²) in [6, 6.07) is 8.40. The van der Waals surface area contributed by atoms with Crippen molar-refractivity contribution in [3.05, 3.63) is 65.0 Å². The topological polar surface area (TPSA) is 72.1 Å². The fourth-order valence-electron chi connectivity index (χ4n) is 2.86. The highest BCUT2D eigenvalue weighted by Crippen LogP contribution is 2.32. The summed E-state index contributed by atoms with van der Waals surface area (Å²) in [5, 5.41) is 0. The van der Waals surface area contributed by atoms with Gasteiger partial charge in [-0.2, -0.15) is 0 Å². The van der Waals surface area contributed by atoms with Crippen molar-refractivity contribution < 1.29 is 4.79 Å². The molecule has 2 aromatic rings. The number of nitrogens with zero attached hydrogens (tertiary/aromatic N) is 3. The molecule has 1 aliphatic rings. The molecule has 2 N–H and O–H groups in total. The number of likely N-dealkylation sites (N-methyl/N-ethyl adjacent to an activating group) is 1. The number of carbonyl (C=O) groups excluding carboxylic acids is 1. The highest BCUT2D eigenvalue weighted by atomic mass is 16.2. The van der Waals surface area contributed by atoms with Gasteiger partial charge in [0.15, 0.2) is 0 Å². The number of aromatic nitrogens is 2. The van der Waals surface area contributed by atoms with Crippen molar-refractivity contribution in [2.45, 2.75) is 13.3 Å². The highest BCUT2D eigenvalue weighted by molar-refractivity contribution is 5.92. The predicted molar refractivity (Wildman–Crippen MR) is 95.9 cm³/mol. The Balaban J connectivity index is 1.65. The number of hydrogen-bond donors (Lipinski definition) is 1. The van der Waals surface area contributed by atoms with Crippen LogP contribution < -0.4 is 5.73 Å². The number of amides is 1. The van der Waals surface area contributed by atoms with Gasteiger partial charge in [-0.05, 0) is 41.7 Å². The average Bonchev–Trinajstić information content (AvgIpc) is 2.90. The first-order valence-corrected chi connectivity index (χ1v) is 7.82. The number of hydrogen-bond acceptors (Lipinski definition) is 4. The summed E-state index contributed by atoms with van der Waals surface area (Å²) < 4.78 is 0. The first-order valence-electron chi connectivity index (χ1n) is 7.82. The SMILES string of the molecule is CC1=C(CN(C)C(=O)/C=C/c2cnc(N)nc2)Cc2ccccc21. The lowest BCUT2D eigenvalue weighted by atomic mass is 10.1. The second kappa shape index (κ2) is 6.66. The van der Waals surface area contributed by atoms with E-state index in [1.807, 2.05) is 7.05 Å². The van der Waals surface area contributed by atoms with Gasteiger partial charge in [-0.1, -0.05) is 24.3 Å². The summed E-state index contributed by atoms with van der Waals surface area (Å²) in [6.45, 7) is 2.75. The third-order valence-electron chi connectivity index (χ3n) is 4.27. The smallest absolute Gasteiger partial charge is 0.246 e. The summed E-state index contributed by atoms with van der Waals surface area (Å²) in [7, 11) is 1.81. The van der Waals surface area contributed by atoms with Crippen molar-refractivity contribution in [1.29, 1.82) is 0 Å². The van der Waals surface area contributed by atoms with Crippen LogP contribution in [0.4, 0.5) is 5.95 Å². The molecule has 1 aromatic carbocycles. The maximum atomic E-state index is 12.3. The van der Waals surface area contributed by atoms with E-state index >= 15 is 0 Å². The van der Waals surface area contributed by atoms with E-state index in [0.717, 1.165) is 12.0 Å². The molecule has 1 aromatic heterocycles. The van der Waals surface area contributed by atoms with Crippen LogP contribution in [-0.4, -0.2) is 34.4 Å². The fourth-order valence-corrected chi connectivity index (χ4v) is 2.86. The second-order valence-corrected chi connectivity index (χ2v) is 5.96. The molecular weight excluding hydrogens is 300 g/mol. The lowest BCUT2D eigenvalue weighted by molar-refractivity contribution is -0.124. The molecule has 0 saturated heterocycles. The van der Waals surface area contributed by atoms with Gasteiger partial charge in [-0.15, -0.1) is 0 Å². The van der Waals surface area contributed by atoms with Crippen molar-refractivity contribution in [3.63, 3.8) is 0 Å². The Kier molecular flexibility index (Phi) is 4.42. The normalized spacial score (nSPS) is 13.4. The lowest BCUT2D eigenvalue weighted by Crippen LogP contribution is -2.27. The molecule has 0 fully saturated rings. The number of benzene rings is 1. The van der Waals surface area contributed by atoms with E-state index < -0.39 is 0 Å². The van der Waals surface area contributed by atoms with Crippen LogP contribution in [0.2, 0.25) is 0 Å². The minimum Gasteiger partial charge on any atom is -0.368 e. The molecule has 5 heteroatoms. The molecular formula is C19H20N4O. The van der Waals surface area contributed by atoms with Gasteiger partial charge in [0.2, 0.25) is 11.9 Å². The maximum Gasteiger partial charge on any atom is 0.246 e. The zero-order valence-corrected chi connectivity index (χ0v) is 13.9. The molecule has 0 radical (unpaired) electrons. The molecule has 24 heavy (non-hydrogen) atoms. The zero-order valence-electron chi connectivity index (χ0n) is 13.9. The van der Waals surface area contributed by atoms with Gasteiger partial charge in [-0.25, -0.2) is 9.97 Å². The van der Waals surface area contributed by atoms with Crippen LogP contribution in [-0.2, 0) is 11.2 Å². The number of carbonyl (C=O) groups is 1. The van der Waals surface area contributed by atoms with Crippen LogP contribution in [0.15, 0.2) is 48.3 Å². The molecule has 1 aliphatic carbocycles. The summed E-state index contributed by atoms with van der Waals surface area (Å²) in [4.78, 5) is 21.8. The van der Waals surface area contributed by atoms with Crippen LogP contribution >= 0.6 is 0 Å². The Morgan fingerprint density at radius 1 is 1.29 bits per heavy atom. The minimum absolute atomic E-state index is 0.0527. The molecule has 122 valence electrons. The number of rotatable bonds is 4. The van der Waals surface area contributed by atoms with Crippen molar-refractivity contribution in [1.82, 2.24) is 14.9 Å². The summed E-state index contributed by atoms with van der Waals surface area (Å²) in [6.07, 6.45) is 7.32. The van der Waals surface area contributed by atoms with Gasteiger partial charge in [-0.3, -0.25) is 4.79 Å². The summed E-state index contributed by atoms with van der Waals surface area (Å²) in [5.74, 6) is 0.168. The molecule has 0 aliphatic heterocycles. The van der Waals surface area contributed by atoms with Crippen LogP contribution in [0, 0.1) is 0 Å². The number of allylic oxidation sites excluding steroid dienone is 1. The van der Waals surface area contributed by atoms with Crippen LogP contribution in [0.3, 0.4) is 0 Å². The zero-order chi connectivity index (χ0) is 17.1. The van der Waals surface area contributed by atoms with Crippen LogP contribution in [0.25, 0.3) is 11.6 Å². The third-order valence-corrected chi connectivity index (χ3v) is 4.27. The van der Waals surface area contributed by atoms with E-state index in [4.69, 9.17) is 5.73 Å². The van der Waals surface area contributed by atoms with E-state index in [-0.39, 0.29) is 11.9 Å². The highest BCUT2D eigenvalue weighted by Gasteiger charge is 2.19. The van der Waals surface area contributed by atoms with Crippen molar-refractivity contribution in [3.8, 4) is 0 Å². The maximum absolute atomic E-state index is 12.3. The number of nitrogens with two attached hydrogens (primary N) is 1. The standard InChI is InChI=1S/C19H20N4O/c1-13-16(9-15-5-3-4-6-17(13)15)12-23(2)18(24)8-7-14-10-21-19(20)22-11-14/h3-8,10-11H,9,12H2,1-2H3,(H2,20,21,22)/b8-7+. The molecule has 0 saturated carbocycles. The van der Waals surface area contributed by atoms with Gasteiger partial charge in [0.1, 0.15) is 0 Å². The van der Waals surface area contributed by atoms with Gasteiger partial charge < -0.3 is 10.6 Å². The van der Waals surface area contributed by atoms with E-state index in [2.05, 4.69) is 41.2 Å². The first kappa shape index (κ1) is 15.9.